The molecule has 1 unspecified atom stereocenters. The molecule has 1 aliphatic heterocycles. The zero-order valence-electron chi connectivity index (χ0n) is 20.0. The summed E-state index contributed by atoms with van der Waals surface area (Å²) in [5.41, 5.74) is 1.70. The number of hydrogen-bond donors (Lipinski definition) is 1. The summed E-state index contributed by atoms with van der Waals surface area (Å²) in [6.45, 7) is 7.38. The lowest BCUT2D eigenvalue weighted by molar-refractivity contribution is -0.143. The Hall–Kier alpha value is -3.07. The number of esters is 1. The van der Waals surface area contributed by atoms with E-state index < -0.39 is 12.0 Å². The van der Waals surface area contributed by atoms with Crippen LogP contribution in [-0.2, 0) is 9.53 Å². The molecule has 188 valence electrons. The van der Waals surface area contributed by atoms with Gasteiger partial charge in [0.1, 0.15) is 0 Å². The van der Waals surface area contributed by atoms with E-state index in [0.717, 1.165) is 0 Å². The molecule has 2 aromatic carbocycles. The average molecular weight is 547 g/mol. The van der Waals surface area contributed by atoms with Crippen molar-refractivity contribution in [2.45, 2.75) is 39.8 Å². The van der Waals surface area contributed by atoms with Gasteiger partial charge in [-0.3, -0.25) is 9.36 Å². The highest BCUT2D eigenvalue weighted by Crippen LogP contribution is 2.35. The molecule has 1 N–H and O–H groups in total. The summed E-state index contributed by atoms with van der Waals surface area (Å²) in [6.07, 6.45) is 1.31. The smallest absolute Gasteiger partial charge is 0.338 e. The summed E-state index contributed by atoms with van der Waals surface area (Å²) in [7, 11) is 0. The highest BCUT2D eigenvalue weighted by Gasteiger charge is 2.33. The van der Waals surface area contributed by atoms with Crippen LogP contribution in [0.15, 0.2) is 57.5 Å². The van der Waals surface area contributed by atoms with Crippen LogP contribution in [0.25, 0.3) is 6.08 Å². The molecule has 1 aliphatic rings. The predicted molar refractivity (Wildman–Crippen MR) is 141 cm³/mol. The molecule has 36 heavy (non-hydrogen) atoms. The summed E-state index contributed by atoms with van der Waals surface area (Å²) in [4.78, 5) is 31.8. The van der Waals surface area contributed by atoms with Gasteiger partial charge in [-0.05, 0) is 69.2 Å². The van der Waals surface area contributed by atoms with E-state index >= 15 is 0 Å². The highest BCUT2D eigenvalue weighted by molar-refractivity contribution is 7.07. The summed E-state index contributed by atoms with van der Waals surface area (Å²) in [6, 6.07) is 9.39. The van der Waals surface area contributed by atoms with Crippen LogP contribution in [0.5, 0.6) is 11.5 Å². The number of aromatic hydroxyl groups is 1. The first-order valence-corrected chi connectivity index (χ1v) is 12.8. The number of hydrogen-bond acceptors (Lipinski definition) is 7. The summed E-state index contributed by atoms with van der Waals surface area (Å²) >= 11 is 13.5. The van der Waals surface area contributed by atoms with Crippen LogP contribution in [0.2, 0.25) is 10.0 Å². The number of aromatic nitrogens is 1. The third kappa shape index (κ3) is 5.07. The zero-order valence-corrected chi connectivity index (χ0v) is 22.4. The normalized spacial score (nSPS) is 15.6. The molecule has 7 nitrogen and oxygen atoms in total. The van der Waals surface area contributed by atoms with Crippen molar-refractivity contribution >= 4 is 46.6 Å². The van der Waals surface area contributed by atoms with Crippen LogP contribution in [0.4, 0.5) is 0 Å². The van der Waals surface area contributed by atoms with Crippen LogP contribution < -0.4 is 19.6 Å². The molecule has 2 heterocycles. The molecule has 1 aromatic heterocycles. The fraction of sp³-hybridized carbons (Fsp3) is 0.269. The van der Waals surface area contributed by atoms with Gasteiger partial charge in [-0.2, -0.15) is 0 Å². The largest absolute Gasteiger partial charge is 0.503 e. The monoisotopic (exact) mass is 546 g/mol. The number of benzene rings is 2. The molecule has 0 saturated heterocycles. The molecule has 3 aromatic rings. The summed E-state index contributed by atoms with van der Waals surface area (Å²) in [5.74, 6) is -0.478. The van der Waals surface area contributed by atoms with E-state index in [0.29, 0.717) is 37.8 Å². The number of ether oxygens (including phenoxy) is 2. The van der Waals surface area contributed by atoms with Crippen LogP contribution in [0.1, 0.15) is 44.9 Å². The van der Waals surface area contributed by atoms with Crippen molar-refractivity contribution in [2.75, 3.05) is 6.61 Å². The van der Waals surface area contributed by atoms with Gasteiger partial charge < -0.3 is 14.6 Å². The fourth-order valence-electron chi connectivity index (χ4n) is 3.91. The molecule has 4 rings (SSSR count). The maximum Gasteiger partial charge on any atom is 0.338 e. The Bertz CT molecular complexity index is 1540. The van der Waals surface area contributed by atoms with Crippen LogP contribution in [0.3, 0.4) is 0 Å². The predicted octanol–water partition coefficient (Wildman–Crippen LogP) is 4.60. The number of halogens is 2. The van der Waals surface area contributed by atoms with Gasteiger partial charge in [0.2, 0.25) is 0 Å². The average Bonchev–Trinajstić information content (AvgIpc) is 3.10. The molecule has 0 amide bonds. The van der Waals surface area contributed by atoms with Crippen molar-refractivity contribution < 1.29 is 19.4 Å². The van der Waals surface area contributed by atoms with E-state index in [-0.39, 0.29) is 33.8 Å². The van der Waals surface area contributed by atoms with Crippen LogP contribution in [-0.4, -0.2) is 28.4 Å². The molecule has 0 saturated carbocycles. The van der Waals surface area contributed by atoms with E-state index in [1.54, 1.807) is 70.2 Å². The summed E-state index contributed by atoms with van der Waals surface area (Å²) < 4.78 is 12.8. The Kier molecular flexibility index (Phi) is 7.59. The van der Waals surface area contributed by atoms with E-state index in [4.69, 9.17) is 32.7 Å². The SMILES string of the molecule is CCOc1cc(C=c2sc3n(c2=O)C(c2ccc(Cl)cc2)C(C(=O)OC(C)C)=C(C)N=3)cc(Cl)c1O. The second-order valence-electron chi connectivity index (χ2n) is 8.37. The van der Waals surface area contributed by atoms with Gasteiger partial charge in [-0.15, -0.1) is 0 Å². The third-order valence-corrected chi connectivity index (χ3v) is 6.94. The van der Waals surface area contributed by atoms with Gasteiger partial charge in [-0.1, -0.05) is 46.7 Å². The Morgan fingerprint density at radius 2 is 1.94 bits per heavy atom. The molecule has 0 bridgehead atoms. The van der Waals surface area contributed by atoms with Crippen molar-refractivity contribution in [3.63, 3.8) is 0 Å². The van der Waals surface area contributed by atoms with Gasteiger partial charge in [0.15, 0.2) is 16.3 Å². The first kappa shape index (κ1) is 26.0. The Balaban J connectivity index is 1.93. The van der Waals surface area contributed by atoms with Gasteiger partial charge in [0.05, 0.1) is 39.6 Å². The number of carbonyl (C=O) groups is 1. The number of phenolic OH excluding ortho intramolecular Hbond substituents is 1. The van der Waals surface area contributed by atoms with Gasteiger partial charge in [0, 0.05) is 5.02 Å². The molecule has 0 aliphatic carbocycles. The Morgan fingerprint density at radius 3 is 2.58 bits per heavy atom. The molecule has 0 fully saturated rings. The van der Waals surface area contributed by atoms with E-state index in [9.17, 15) is 14.7 Å². The van der Waals surface area contributed by atoms with Gasteiger partial charge in [0.25, 0.3) is 5.56 Å². The van der Waals surface area contributed by atoms with Gasteiger partial charge in [-0.25, -0.2) is 9.79 Å². The van der Waals surface area contributed by atoms with Gasteiger partial charge >= 0.3 is 5.97 Å². The first-order valence-electron chi connectivity index (χ1n) is 11.2. The summed E-state index contributed by atoms with van der Waals surface area (Å²) in [5, 5.41) is 10.8. The Morgan fingerprint density at radius 1 is 1.25 bits per heavy atom. The van der Waals surface area contributed by atoms with E-state index in [1.165, 1.54) is 15.9 Å². The molecule has 0 spiro atoms. The number of nitrogens with zero attached hydrogens (tertiary/aromatic N) is 2. The van der Waals surface area contributed by atoms with E-state index in [2.05, 4.69) is 4.99 Å². The van der Waals surface area contributed by atoms with Crippen molar-refractivity contribution in [2.24, 2.45) is 4.99 Å². The lowest BCUT2D eigenvalue weighted by atomic mass is 9.96. The van der Waals surface area contributed by atoms with Crippen molar-refractivity contribution in [1.82, 2.24) is 4.57 Å². The minimum atomic E-state index is -0.741. The zero-order chi connectivity index (χ0) is 26.1. The standard InChI is InChI=1S/C26H24Cl2N2O5S/c1-5-34-19-11-15(10-18(28)23(19)31)12-20-24(32)30-22(16-6-8-17(27)9-7-16)21(25(33)35-13(2)3)14(4)29-26(30)36-20/h6-13,22,31H,5H2,1-4H3. The molecule has 0 radical (unpaired) electrons. The third-order valence-electron chi connectivity index (χ3n) is 5.42. The number of thiazole rings is 1. The molecule has 10 heteroatoms. The number of fused-ring (bicyclic) bond motifs is 1. The Labute approximate surface area is 221 Å². The minimum Gasteiger partial charge on any atom is -0.503 e. The lowest BCUT2D eigenvalue weighted by Crippen LogP contribution is -2.40. The molecular formula is C26H24Cl2N2O5S. The van der Waals surface area contributed by atoms with Crippen molar-refractivity contribution in [1.29, 1.82) is 0 Å². The minimum absolute atomic E-state index is 0.105. The fourth-order valence-corrected chi connectivity index (χ4v) is 5.31. The van der Waals surface area contributed by atoms with Crippen molar-refractivity contribution in [3.05, 3.63) is 88.5 Å². The second-order valence-corrected chi connectivity index (χ2v) is 10.2. The molecular weight excluding hydrogens is 523 g/mol. The number of carbonyl (C=O) groups excluding carboxylic acids is 1. The topological polar surface area (TPSA) is 90.1 Å². The number of allylic oxidation sites excluding steroid dienone is 1. The first-order chi connectivity index (χ1) is 17.1. The van der Waals surface area contributed by atoms with E-state index in [1.807, 2.05) is 0 Å². The van der Waals surface area contributed by atoms with Crippen molar-refractivity contribution in [3.8, 4) is 11.5 Å². The quantitative estimate of drug-likeness (QED) is 0.456. The number of rotatable bonds is 6. The second kappa shape index (κ2) is 10.5. The molecule has 1 atom stereocenters. The highest BCUT2D eigenvalue weighted by atomic mass is 35.5. The maximum atomic E-state index is 13.7. The number of phenols is 1. The lowest BCUT2D eigenvalue weighted by Gasteiger charge is -2.25. The maximum absolute atomic E-state index is 13.7. The van der Waals surface area contributed by atoms with Crippen LogP contribution >= 0.6 is 34.5 Å². The van der Waals surface area contributed by atoms with Crippen LogP contribution in [0, 0.1) is 0 Å².